The molecule has 2 aliphatic rings. The Hall–Kier alpha value is -4.08. The Labute approximate surface area is 249 Å². The summed E-state index contributed by atoms with van der Waals surface area (Å²) >= 11 is 1.11. The monoisotopic (exact) mass is 612 g/mol. The van der Waals surface area contributed by atoms with Crippen molar-refractivity contribution in [3.05, 3.63) is 48.2 Å². The highest BCUT2D eigenvalue weighted by Crippen LogP contribution is 2.41. The Morgan fingerprint density at radius 1 is 1.09 bits per heavy atom. The summed E-state index contributed by atoms with van der Waals surface area (Å²) in [4.78, 5) is 35.7. The topological polar surface area (TPSA) is 143 Å². The molecule has 0 radical (unpaired) electrons. The van der Waals surface area contributed by atoms with E-state index in [9.17, 15) is 14.0 Å². The first-order valence-corrected chi connectivity index (χ1v) is 14.9. The van der Waals surface area contributed by atoms with Crippen molar-refractivity contribution in [2.45, 2.75) is 44.8 Å². The van der Waals surface area contributed by atoms with Gasteiger partial charge in [-0.3, -0.25) is 9.48 Å². The molecule has 2 fully saturated rings. The highest BCUT2D eigenvalue weighted by molar-refractivity contribution is 7.18. The van der Waals surface area contributed by atoms with E-state index in [0.717, 1.165) is 49.2 Å². The third kappa shape index (κ3) is 5.92. The molecule has 0 aromatic carbocycles. The largest absolute Gasteiger partial charge is 0.379 e. The van der Waals surface area contributed by atoms with Crippen molar-refractivity contribution in [1.29, 1.82) is 0 Å². The number of rotatable bonds is 7. The number of pyridine rings is 1. The number of amides is 2. The van der Waals surface area contributed by atoms with Crippen LogP contribution >= 0.6 is 11.3 Å². The number of carbonyl (C=O) groups excluding carboxylic acids is 2. The number of halogens is 2. The SMILES string of the molecule is CCOC1CCC(n2cc(-c3sc(-c4cnn(C(=O)N5CCOCC5)c4)nc3C(N)=O)c(-c3nc(F)ccc3F)n2)CC1. The fourth-order valence-corrected chi connectivity index (χ4v) is 6.50. The van der Waals surface area contributed by atoms with Crippen molar-refractivity contribution in [2.75, 3.05) is 32.9 Å². The first-order chi connectivity index (χ1) is 20.8. The lowest BCUT2D eigenvalue weighted by molar-refractivity contribution is 0.0260. The summed E-state index contributed by atoms with van der Waals surface area (Å²) in [7, 11) is 0. The summed E-state index contributed by atoms with van der Waals surface area (Å²) in [5, 5.41) is 9.24. The van der Waals surface area contributed by atoms with Gasteiger partial charge in [-0.05, 0) is 44.7 Å². The zero-order chi connectivity index (χ0) is 30.1. The summed E-state index contributed by atoms with van der Waals surface area (Å²) in [5.74, 6) is -2.44. The van der Waals surface area contributed by atoms with Gasteiger partial charge in [-0.15, -0.1) is 11.3 Å². The summed E-state index contributed by atoms with van der Waals surface area (Å²) in [6.07, 6.45) is 8.09. The van der Waals surface area contributed by atoms with E-state index in [4.69, 9.17) is 15.2 Å². The van der Waals surface area contributed by atoms with E-state index < -0.39 is 17.7 Å². The minimum atomic E-state index is -0.869. The van der Waals surface area contributed by atoms with Crippen LogP contribution in [0.4, 0.5) is 13.6 Å². The second-order valence-corrected chi connectivity index (χ2v) is 11.3. The third-order valence-corrected chi connectivity index (χ3v) is 8.74. The predicted octanol–water partition coefficient (Wildman–Crippen LogP) is 4.13. The van der Waals surface area contributed by atoms with Gasteiger partial charge in [0.15, 0.2) is 5.82 Å². The van der Waals surface area contributed by atoms with Gasteiger partial charge in [-0.25, -0.2) is 19.2 Å². The van der Waals surface area contributed by atoms with E-state index in [1.165, 1.54) is 17.1 Å². The number of nitrogens with zero attached hydrogens (tertiary/aromatic N) is 7. The highest BCUT2D eigenvalue weighted by Gasteiger charge is 2.30. The minimum Gasteiger partial charge on any atom is -0.379 e. The maximum Gasteiger partial charge on any atom is 0.344 e. The molecule has 12 nitrogen and oxygen atoms in total. The maximum absolute atomic E-state index is 15.0. The molecule has 2 N–H and O–H groups in total. The first kappa shape index (κ1) is 29.0. The van der Waals surface area contributed by atoms with Gasteiger partial charge in [0.05, 0.1) is 36.4 Å². The van der Waals surface area contributed by atoms with Crippen molar-refractivity contribution in [3.8, 4) is 32.4 Å². The van der Waals surface area contributed by atoms with E-state index in [-0.39, 0.29) is 35.3 Å². The Morgan fingerprint density at radius 3 is 2.58 bits per heavy atom. The van der Waals surface area contributed by atoms with Crippen LogP contribution in [0.5, 0.6) is 0 Å². The van der Waals surface area contributed by atoms with Crippen LogP contribution in [-0.4, -0.2) is 85.4 Å². The molecular formula is C28H30F2N8O4S. The summed E-state index contributed by atoms with van der Waals surface area (Å²) in [6.45, 7) is 4.40. The van der Waals surface area contributed by atoms with Crippen molar-refractivity contribution in [1.82, 2.24) is 34.4 Å². The quantitative estimate of drug-likeness (QED) is 0.307. The number of thiazole rings is 1. The van der Waals surface area contributed by atoms with Gasteiger partial charge in [0.25, 0.3) is 5.91 Å². The zero-order valence-electron chi connectivity index (χ0n) is 23.4. The zero-order valence-corrected chi connectivity index (χ0v) is 24.2. The maximum atomic E-state index is 15.0. The molecule has 4 aromatic heterocycles. The molecule has 0 atom stereocenters. The Balaban J connectivity index is 1.39. The minimum absolute atomic E-state index is 0.0188. The number of nitrogens with two attached hydrogens (primary N) is 1. The van der Waals surface area contributed by atoms with E-state index in [2.05, 4.69) is 20.2 Å². The molecule has 4 aromatic rings. The van der Waals surface area contributed by atoms with Crippen LogP contribution in [0.3, 0.4) is 0 Å². The number of hydrogen-bond donors (Lipinski definition) is 1. The second-order valence-electron chi connectivity index (χ2n) is 10.3. The number of primary amides is 1. The summed E-state index contributed by atoms with van der Waals surface area (Å²) < 4.78 is 43.3. The molecule has 43 heavy (non-hydrogen) atoms. The van der Waals surface area contributed by atoms with Crippen molar-refractivity contribution >= 4 is 23.3 Å². The number of morpholine rings is 1. The van der Waals surface area contributed by atoms with Crippen LogP contribution in [0.2, 0.25) is 0 Å². The lowest BCUT2D eigenvalue weighted by atomic mass is 9.93. The molecule has 6 rings (SSSR count). The van der Waals surface area contributed by atoms with E-state index >= 15 is 4.39 Å². The average Bonchev–Trinajstić information content (AvgIpc) is 3.77. The van der Waals surface area contributed by atoms with E-state index in [0.29, 0.717) is 53.9 Å². The number of ether oxygens (including phenoxy) is 2. The molecule has 2 amide bonds. The average molecular weight is 613 g/mol. The van der Waals surface area contributed by atoms with Crippen LogP contribution < -0.4 is 5.73 Å². The fourth-order valence-electron chi connectivity index (χ4n) is 5.45. The Morgan fingerprint density at radius 2 is 1.86 bits per heavy atom. The molecule has 226 valence electrons. The molecule has 0 unspecified atom stereocenters. The van der Waals surface area contributed by atoms with Crippen LogP contribution in [0.1, 0.15) is 49.1 Å². The van der Waals surface area contributed by atoms with E-state index in [1.54, 1.807) is 15.8 Å². The summed E-state index contributed by atoms with van der Waals surface area (Å²) in [5.41, 5.74) is 6.30. The van der Waals surface area contributed by atoms with Crippen LogP contribution in [0.25, 0.3) is 32.4 Å². The Bertz CT molecular complexity index is 1640. The van der Waals surface area contributed by atoms with Crippen LogP contribution in [-0.2, 0) is 9.47 Å². The number of hydrogen-bond acceptors (Lipinski definition) is 9. The first-order valence-electron chi connectivity index (χ1n) is 14.1. The highest BCUT2D eigenvalue weighted by atomic mass is 32.1. The van der Waals surface area contributed by atoms with Crippen molar-refractivity contribution in [2.24, 2.45) is 5.73 Å². The lowest BCUT2D eigenvalue weighted by Crippen LogP contribution is -2.43. The normalized spacial score (nSPS) is 19.1. The number of carbonyl (C=O) groups is 2. The molecule has 15 heteroatoms. The fraction of sp³-hybridized carbons (Fsp3) is 0.429. The van der Waals surface area contributed by atoms with Gasteiger partial charge in [0.2, 0.25) is 5.95 Å². The van der Waals surface area contributed by atoms with Gasteiger partial charge < -0.3 is 20.1 Å². The van der Waals surface area contributed by atoms with Crippen LogP contribution in [0.15, 0.2) is 30.7 Å². The molecule has 1 aliphatic carbocycles. The number of aromatic nitrogens is 6. The molecule has 1 aliphatic heterocycles. The molecule has 5 heterocycles. The van der Waals surface area contributed by atoms with Gasteiger partial charge in [0, 0.05) is 43.2 Å². The molecule has 1 saturated heterocycles. The van der Waals surface area contributed by atoms with Gasteiger partial charge >= 0.3 is 6.03 Å². The smallest absolute Gasteiger partial charge is 0.344 e. The standard InChI is InChI=1S/C28H30F2N8O4S/c1-2-42-18-5-3-17(4-6-18)37-15-19(22(35-37)23-20(29)7-8-21(30)33-23)25-24(26(31)39)34-27(43-25)16-13-32-38(14-16)28(40)36-9-11-41-12-10-36/h7-8,13-15,17-18H,2-6,9-12H2,1H3,(H2,31,39). The molecule has 0 bridgehead atoms. The van der Waals surface area contributed by atoms with Gasteiger partial charge in [-0.1, -0.05) is 0 Å². The second kappa shape index (κ2) is 12.3. The molecular weight excluding hydrogens is 582 g/mol. The van der Waals surface area contributed by atoms with Crippen molar-refractivity contribution < 1.29 is 27.8 Å². The third-order valence-electron chi connectivity index (χ3n) is 7.60. The van der Waals surface area contributed by atoms with E-state index in [1.807, 2.05) is 6.92 Å². The molecule has 0 spiro atoms. The van der Waals surface area contributed by atoms with Gasteiger partial charge in [-0.2, -0.15) is 19.3 Å². The van der Waals surface area contributed by atoms with Gasteiger partial charge in [0.1, 0.15) is 22.1 Å². The predicted molar refractivity (Wildman–Crippen MR) is 152 cm³/mol. The van der Waals surface area contributed by atoms with Crippen molar-refractivity contribution in [3.63, 3.8) is 0 Å². The lowest BCUT2D eigenvalue weighted by Gasteiger charge is -2.28. The van der Waals surface area contributed by atoms with Crippen LogP contribution in [0, 0.1) is 11.8 Å². The Kier molecular flexibility index (Phi) is 8.27. The summed E-state index contributed by atoms with van der Waals surface area (Å²) in [6, 6.07) is 1.59. The molecule has 1 saturated carbocycles.